The number of nitrogens with zero attached hydrogens (tertiary/aromatic N) is 1. The van der Waals surface area contributed by atoms with Crippen molar-refractivity contribution in [3.8, 4) is 0 Å². The molecule has 94 valence electrons. The van der Waals surface area contributed by atoms with Crippen LogP contribution in [0.4, 0.5) is 0 Å². The summed E-state index contributed by atoms with van der Waals surface area (Å²) >= 11 is 0. The number of hydrogen-bond donors (Lipinski definition) is 1. The van der Waals surface area contributed by atoms with Crippen LogP contribution in [-0.4, -0.2) is 38.1 Å². The van der Waals surface area contributed by atoms with Crippen molar-refractivity contribution in [2.45, 2.75) is 19.8 Å². The first-order chi connectivity index (χ1) is 8.29. The zero-order chi connectivity index (χ0) is 12.1. The van der Waals surface area contributed by atoms with Crippen LogP contribution in [-0.2, 0) is 12.8 Å². The predicted molar refractivity (Wildman–Crippen MR) is 73.4 cm³/mol. The van der Waals surface area contributed by atoms with Crippen molar-refractivity contribution in [1.82, 2.24) is 10.2 Å². The molecule has 0 heterocycles. The van der Waals surface area contributed by atoms with Gasteiger partial charge in [-0.25, -0.2) is 0 Å². The van der Waals surface area contributed by atoms with Crippen molar-refractivity contribution in [1.29, 1.82) is 0 Å². The van der Waals surface area contributed by atoms with E-state index in [0.29, 0.717) is 0 Å². The molecule has 1 aliphatic carbocycles. The Balaban J connectivity index is 1.75. The summed E-state index contributed by atoms with van der Waals surface area (Å²) in [5.41, 5.74) is 3.13. The van der Waals surface area contributed by atoms with Gasteiger partial charge in [-0.1, -0.05) is 31.2 Å². The van der Waals surface area contributed by atoms with E-state index < -0.39 is 0 Å². The van der Waals surface area contributed by atoms with Crippen LogP contribution in [0.2, 0.25) is 0 Å². The number of rotatable bonds is 6. The lowest BCUT2D eigenvalue weighted by Crippen LogP contribution is -2.32. The molecular formula is C15H24N2. The molecule has 2 heteroatoms. The molecule has 0 amide bonds. The third-order valence-electron chi connectivity index (χ3n) is 3.63. The quantitative estimate of drug-likeness (QED) is 0.754. The molecule has 17 heavy (non-hydrogen) atoms. The molecule has 2 nitrogen and oxygen atoms in total. The second kappa shape index (κ2) is 6.18. The zero-order valence-corrected chi connectivity index (χ0v) is 11.1. The Morgan fingerprint density at radius 1 is 1.24 bits per heavy atom. The highest BCUT2D eigenvalue weighted by Crippen LogP contribution is 2.26. The topological polar surface area (TPSA) is 15.3 Å². The van der Waals surface area contributed by atoms with E-state index in [4.69, 9.17) is 0 Å². The Morgan fingerprint density at radius 3 is 2.47 bits per heavy atom. The second-order valence-corrected chi connectivity index (χ2v) is 5.16. The van der Waals surface area contributed by atoms with Gasteiger partial charge in [-0.3, -0.25) is 0 Å². The van der Waals surface area contributed by atoms with Crippen molar-refractivity contribution < 1.29 is 0 Å². The third kappa shape index (κ3) is 3.55. The molecule has 0 spiro atoms. The molecule has 0 bridgehead atoms. The summed E-state index contributed by atoms with van der Waals surface area (Å²) in [7, 11) is 2.24. The first-order valence-electron chi connectivity index (χ1n) is 6.75. The van der Waals surface area contributed by atoms with Gasteiger partial charge in [0.1, 0.15) is 0 Å². The highest BCUT2D eigenvalue weighted by Gasteiger charge is 2.21. The minimum Gasteiger partial charge on any atom is -0.316 e. The van der Waals surface area contributed by atoms with Gasteiger partial charge in [-0.2, -0.15) is 0 Å². The van der Waals surface area contributed by atoms with Crippen molar-refractivity contribution in [3.63, 3.8) is 0 Å². The standard InChI is InChI=1S/C15H24N2/c1-3-16-8-9-17(2)12-13-10-14-6-4-5-7-15(14)11-13/h4-7,13,16H,3,8-12H2,1-2H3. The van der Waals surface area contributed by atoms with Crippen LogP contribution in [0.25, 0.3) is 0 Å². The number of likely N-dealkylation sites (N-methyl/N-ethyl adjacent to an activating group) is 2. The van der Waals surface area contributed by atoms with Crippen LogP contribution in [0.15, 0.2) is 24.3 Å². The molecule has 1 aliphatic rings. The maximum absolute atomic E-state index is 3.38. The Morgan fingerprint density at radius 2 is 1.88 bits per heavy atom. The fourth-order valence-electron chi connectivity index (χ4n) is 2.76. The summed E-state index contributed by atoms with van der Waals surface area (Å²) in [6.07, 6.45) is 2.53. The fourth-order valence-corrected chi connectivity index (χ4v) is 2.76. The molecule has 1 aromatic carbocycles. The molecular weight excluding hydrogens is 208 g/mol. The van der Waals surface area contributed by atoms with Crippen LogP contribution < -0.4 is 5.32 Å². The maximum Gasteiger partial charge on any atom is 0.0104 e. The first kappa shape index (κ1) is 12.6. The SMILES string of the molecule is CCNCCN(C)CC1Cc2ccccc2C1. The summed E-state index contributed by atoms with van der Waals surface area (Å²) in [6.45, 7) is 6.71. The second-order valence-electron chi connectivity index (χ2n) is 5.16. The average Bonchev–Trinajstić information content (AvgIpc) is 2.71. The van der Waals surface area contributed by atoms with Crippen LogP contribution in [0.1, 0.15) is 18.1 Å². The largest absolute Gasteiger partial charge is 0.316 e. The third-order valence-corrected chi connectivity index (χ3v) is 3.63. The minimum atomic E-state index is 0.819. The molecule has 0 unspecified atom stereocenters. The molecule has 1 aromatic rings. The van der Waals surface area contributed by atoms with Gasteiger partial charge in [0.15, 0.2) is 0 Å². The van der Waals surface area contributed by atoms with Crippen LogP contribution in [0.5, 0.6) is 0 Å². The van der Waals surface area contributed by atoms with Crippen LogP contribution in [0, 0.1) is 5.92 Å². The number of hydrogen-bond acceptors (Lipinski definition) is 2. The summed E-state index contributed by atoms with van der Waals surface area (Å²) < 4.78 is 0. The van der Waals surface area contributed by atoms with Crippen LogP contribution in [0.3, 0.4) is 0 Å². The Bertz CT molecular complexity index is 324. The molecule has 1 N–H and O–H groups in total. The molecule has 0 radical (unpaired) electrons. The molecule has 0 fully saturated rings. The number of nitrogens with one attached hydrogen (secondary N) is 1. The number of fused-ring (bicyclic) bond motifs is 1. The van der Waals surface area contributed by atoms with E-state index in [2.05, 4.69) is 48.5 Å². The molecule has 0 saturated carbocycles. The van der Waals surface area contributed by atoms with Gasteiger partial charge in [-0.05, 0) is 43.5 Å². The minimum absolute atomic E-state index is 0.819. The summed E-state index contributed by atoms with van der Waals surface area (Å²) in [5.74, 6) is 0.819. The summed E-state index contributed by atoms with van der Waals surface area (Å²) in [5, 5.41) is 3.38. The van der Waals surface area contributed by atoms with E-state index in [0.717, 1.165) is 25.6 Å². The van der Waals surface area contributed by atoms with Gasteiger partial charge < -0.3 is 10.2 Å². The molecule has 0 aromatic heterocycles. The van der Waals surface area contributed by atoms with Crippen LogP contribution >= 0.6 is 0 Å². The maximum atomic E-state index is 3.38. The van der Waals surface area contributed by atoms with Gasteiger partial charge in [0.05, 0.1) is 0 Å². The lowest BCUT2D eigenvalue weighted by molar-refractivity contribution is 0.280. The molecule has 2 rings (SSSR count). The van der Waals surface area contributed by atoms with Crippen molar-refractivity contribution >= 4 is 0 Å². The lowest BCUT2D eigenvalue weighted by atomic mass is 10.1. The van der Waals surface area contributed by atoms with E-state index in [9.17, 15) is 0 Å². The summed E-state index contributed by atoms with van der Waals surface area (Å²) in [6, 6.07) is 8.90. The monoisotopic (exact) mass is 232 g/mol. The van der Waals surface area contributed by atoms with Gasteiger partial charge in [-0.15, -0.1) is 0 Å². The molecule has 0 aliphatic heterocycles. The van der Waals surface area contributed by atoms with E-state index in [1.807, 2.05) is 0 Å². The van der Waals surface area contributed by atoms with Gasteiger partial charge >= 0.3 is 0 Å². The summed E-state index contributed by atoms with van der Waals surface area (Å²) in [4.78, 5) is 2.46. The van der Waals surface area contributed by atoms with E-state index in [1.165, 1.54) is 19.4 Å². The van der Waals surface area contributed by atoms with Gasteiger partial charge in [0.2, 0.25) is 0 Å². The zero-order valence-electron chi connectivity index (χ0n) is 11.1. The predicted octanol–water partition coefficient (Wildman–Crippen LogP) is 1.94. The smallest absolute Gasteiger partial charge is 0.0104 e. The molecule has 0 saturated heterocycles. The van der Waals surface area contributed by atoms with E-state index in [-0.39, 0.29) is 0 Å². The van der Waals surface area contributed by atoms with Crippen molar-refractivity contribution in [3.05, 3.63) is 35.4 Å². The molecule has 0 atom stereocenters. The highest BCUT2D eigenvalue weighted by atomic mass is 15.1. The number of benzene rings is 1. The average molecular weight is 232 g/mol. The Labute approximate surface area is 105 Å². The van der Waals surface area contributed by atoms with Gasteiger partial charge in [0.25, 0.3) is 0 Å². The van der Waals surface area contributed by atoms with Gasteiger partial charge in [0, 0.05) is 19.6 Å². The van der Waals surface area contributed by atoms with E-state index >= 15 is 0 Å². The highest BCUT2D eigenvalue weighted by molar-refractivity contribution is 5.32. The lowest BCUT2D eigenvalue weighted by Gasteiger charge is -2.20. The van der Waals surface area contributed by atoms with Crippen molar-refractivity contribution in [2.75, 3.05) is 33.2 Å². The Hall–Kier alpha value is -0.860. The first-order valence-corrected chi connectivity index (χ1v) is 6.75. The Kier molecular flexibility index (Phi) is 4.57. The fraction of sp³-hybridized carbons (Fsp3) is 0.600. The normalized spacial score (nSPS) is 15.5. The van der Waals surface area contributed by atoms with E-state index in [1.54, 1.807) is 11.1 Å². The van der Waals surface area contributed by atoms with Crippen molar-refractivity contribution in [2.24, 2.45) is 5.92 Å².